The minimum Gasteiger partial charge on any atom is -0.310 e. The zero-order valence-corrected chi connectivity index (χ0v) is 17.6. The van der Waals surface area contributed by atoms with E-state index in [0.29, 0.717) is 13.1 Å². The molecule has 2 aliphatic heterocycles. The van der Waals surface area contributed by atoms with Crippen molar-refractivity contribution in [1.29, 1.82) is 0 Å². The molecule has 2 aliphatic rings. The number of hydrogen-bond donors (Lipinski definition) is 1. The molecule has 5 heteroatoms. The maximum absolute atomic E-state index is 13.3. The first kappa shape index (κ1) is 19.6. The second kappa shape index (κ2) is 6.99. The lowest BCUT2D eigenvalue weighted by molar-refractivity contribution is -0.122. The number of rotatable bonds is 4. The molecule has 152 valence electrons. The van der Waals surface area contributed by atoms with Crippen molar-refractivity contribution in [2.24, 2.45) is 10.8 Å². The fourth-order valence-corrected chi connectivity index (χ4v) is 4.55. The highest BCUT2D eigenvalue weighted by Gasteiger charge is 2.53. The Morgan fingerprint density at radius 2 is 1.03 bits per heavy atom. The molecule has 0 aliphatic carbocycles. The van der Waals surface area contributed by atoms with E-state index in [1.165, 1.54) is 0 Å². The Hall–Kier alpha value is -2.66. The predicted molar refractivity (Wildman–Crippen MR) is 116 cm³/mol. The second-order valence-corrected chi connectivity index (χ2v) is 9.53. The molecule has 2 atom stereocenters. The van der Waals surface area contributed by atoms with Crippen molar-refractivity contribution in [3.8, 4) is 0 Å². The average Bonchev–Trinajstić information content (AvgIpc) is 3.07. The Kier molecular flexibility index (Phi) is 4.74. The summed E-state index contributed by atoms with van der Waals surface area (Å²) in [6, 6.07) is 18.7. The van der Waals surface area contributed by atoms with Crippen LogP contribution in [0.2, 0.25) is 0 Å². The van der Waals surface area contributed by atoms with Crippen LogP contribution < -0.4 is 15.1 Å². The van der Waals surface area contributed by atoms with Crippen LogP contribution in [0.3, 0.4) is 0 Å². The SMILES string of the molecule is CC1(C)CN(c2ccccc2)C(=O)[C@H]1N[C@@H]1C(=O)N(c2ccccc2)CC1(C)C. The largest absolute Gasteiger partial charge is 0.310 e. The summed E-state index contributed by atoms with van der Waals surface area (Å²) in [5, 5.41) is 3.47. The van der Waals surface area contributed by atoms with Crippen molar-refractivity contribution in [3.05, 3.63) is 60.7 Å². The van der Waals surface area contributed by atoms with Crippen molar-refractivity contribution >= 4 is 23.2 Å². The summed E-state index contributed by atoms with van der Waals surface area (Å²) in [5.74, 6) is 0.0610. The van der Waals surface area contributed by atoms with Crippen molar-refractivity contribution in [3.63, 3.8) is 0 Å². The predicted octanol–water partition coefficient (Wildman–Crippen LogP) is 3.46. The molecule has 0 radical (unpaired) electrons. The summed E-state index contributed by atoms with van der Waals surface area (Å²) in [6.07, 6.45) is 0. The quantitative estimate of drug-likeness (QED) is 0.868. The molecule has 0 bridgehead atoms. The lowest BCUT2D eigenvalue weighted by Gasteiger charge is -2.31. The Balaban J connectivity index is 1.59. The number of carbonyl (C=O) groups excluding carboxylic acids is 2. The minimum absolute atomic E-state index is 0.0305. The van der Waals surface area contributed by atoms with Gasteiger partial charge in [-0.05, 0) is 24.3 Å². The molecule has 1 N–H and O–H groups in total. The smallest absolute Gasteiger partial charge is 0.244 e. The maximum atomic E-state index is 13.3. The lowest BCUT2D eigenvalue weighted by Crippen LogP contribution is -2.55. The van der Waals surface area contributed by atoms with Gasteiger partial charge >= 0.3 is 0 Å². The molecule has 2 fully saturated rings. The first-order valence-corrected chi connectivity index (χ1v) is 10.2. The number of benzene rings is 2. The van der Waals surface area contributed by atoms with Crippen LogP contribution in [-0.2, 0) is 9.59 Å². The van der Waals surface area contributed by atoms with Crippen LogP contribution in [0.4, 0.5) is 11.4 Å². The highest BCUT2D eigenvalue weighted by molar-refractivity contribution is 6.03. The van der Waals surface area contributed by atoms with Gasteiger partial charge in [-0.15, -0.1) is 0 Å². The van der Waals surface area contributed by atoms with Gasteiger partial charge in [0.25, 0.3) is 0 Å². The molecule has 5 nitrogen and oxygen atoms in total. The van der Waals surface area contributed by atoms with E-state index >= 15 is 0 Å². The van der Waals surface area contributed by atoms with Gasteiger partial charge in [0.15, 0.2) is 0 Å². The number of anilines is 2. The number of carbonyl (C=O) groups is 2. The van der Waals surface area contributed by atoms with E-state index in [2.05, 4.69) is 33.0 Å². The van der Waals surface area contributed by atoms with E-state index in [9.17, 15) is 9.59 Å². The molecular formula is C24H29N3O2. The van der Waals surface area contributed by atoms with Gasteiger partial charge in [0, 0.05) is 35.3 Å². The van der Waals surface area contributed by atoms with Crippen LogP contribution in [0, 0.1) is 10.8 Å². The van der Waals surface area contributed by atoms with Gasteiger partial charge in [-0.2, -0.15) is 0 Å². The van der Waals surface area contributed by atoms with E-state index in [-0.39, 0.29) is 22.6 Å². The fourth-order valence-electron chi connectivity index (χ4n) is 4.55. The van der Waals surface area contributed by atoms with Gasteiger partial charge in [0.05, 0.1) is 12.1 Å². The van der Waals surface area contributed by atoms with Crippen LogP contribution in [0.5, 0.6) is 0 Å². The fraction of sp³-hybridized carbons (Fsp3) is 0.417. The first-order chi connectivity index (χ1) is 13.7. The van der Waals surface area contributed by atoms with Gasteiger partial charge in [0.2, 0.25) is 11.8 Å². The molecule has 0 saturated carbocycles. The van der Waals surface area contributed by atoms with E-state index in [1.54, 1.807) is 0 Å². The van der Waals surface area contributed by atoms with E-state index in [0.717, 1.165) is 11.4 Å². The number of hydrogen-bond acceptors (Lipinski definition) is 3. The summed E-state index contributed by atoms with van der Waals surface area (Å²) >= 11 is 0. The standard InChI is InChI=1S/C24H29N3O2/c1-23(2)15-26(17-11-7-5-8-12-17)21(28)19(23)25-20-22(29)27(16-24(20,3)4)18-13-9-6-10-14-18/h5-14,19-20,25H,15-16H2,1-4H3/t19-,20-/m1/s1. The molecule has 2 heterocycles. The van der Waals surface area contributed by atoms with Crippen LogP contribution in [0.25, 0.3) is 0 Å². The summed E-state index contributed by atoms with van der Waals surface area (Å²) < 4.78 is 0. The molecule has 0 spiro atoms. The molecule has 29 heavy (non-hydrogen) atoms. The summed E-state index contributed by atoms with van der Waals surface area (Å²) in [6.45, 7) is 9.61. The number of nitrogens with zero attached hydrogens (tertiary/aromatic N) is 2. The zero-order chi connectivity index (χ0) is 20.8. The summed E-state index contributed by atoms with van der Waals surface area (Å²) in [7, 11) is 0. The highest BCUT2D eigenvalue weighted by atomic mass is 16.2. The third kappa shape index (κ3) is 3.44. The average molecular weight is 392 g/mol. The lowest BCUT2D eigenvalue weighted by atomic mass is 9.83. The molecule has 4 rings (SSSR count). The zero-order valence-electron chi connectivity index (χ0n) is 17.6. The third-order valence-corrected chi connectivity index (χ3v) is 6.19. The van der Waals surface area contributed by atoms with E-state index < -0.39 is 12.1 Å². The molecule has 0 aromatic heterocycles. The van der Waals surface area contributed by atoms with E-state index in [1.807, 2.05) is 70.5 Å². The normalized spacial score (nSPS) is 25.7. The third-order valence-electron chi connectivity index (χ3n) is 6.19. The topological polar surface area (TPSA) is 52.7 Å². The maximum Gasteiger partial charge on any atom is 0.244 e. The summed E-state index contributed by atoms with van der Waals surface area (Å²) in [5.41, 5.74) is 1.22. The minimum atomic E-state index is -0.411. The Labute approximate surface area is 172 Å². The van der Waals surface area contributed by atoms with Gasteiger partial charge in [-0.25, -0.2) is 0 Å². The van der Waals surface area contributed by atoms with Gasteiger partial charge in [0.1, 0.15) is 0 Å². The monoisotopic (exact) mass is 391 g/mol. The summed E-state index contributed by atoms with van der Waals surface area (Å²) in [4.78, 5) is 30.3. The number of amides is 2. The number of nitrogens with one attached hydrogen (secondary N) is 1. The molecule has 2 aromatic carbocycles. The van der Waals surface area contributed by atoms with Crippen LogP contribution in [0.1, 0.15) is 27.7 Å². The molecule has 2 aromatic rings. The molecule has 0 unspecified atom stereocenters. The molecule has 2 saturated heterocycles. The Morgan fingerprint density at radius 1 is 0.690 bits per heavy atom. The highest BCUT2D eigenvalue weighted by Crippen LogP contribution is 2.38. The number of para-hydroxylation sites is 2. The van der Waals surface area contributed by atoms with Gasteiger partial charge in [-0.3, -0.25) is 14.9 Å². The molecular weight excluding hydrogens is 362 g/mol. The van der Waals surface area contributed by atoms with Gasteiger partial charge < -0.3 is 9.80 Å². The van der Waals surface area contributed by atoms with Crippen LogP contribution in [-0.4, -0.2) is 37.0 Å². The second-order valence-electron chi connectivity index (χ2n) is 9.53. The van der Waals surface area contributed by atoms with E-state index in [4.69, 9.17) is 0 Å². The van der Waals surface area contributed by atoms with Crippen LogP contribution in [0.15, 0.2) is 60.7 Å². The molecule has 2 amide bonds. The Bertz CT molecular complexity index is 833. The first-order valence-electron chi connectivity index (χ1n) is 10.2. The van der Waals surface area contributed by atoms with Crippen molar-refractivity contribution in [2.45, 2.75) is 39.8 Å². The Morgan fingerprint density at radius 3 is 1.38 bits per heavy atom. The van der Waals surface area contributed by atoms with Crippen LogP contribution >= 0.6 is 0 Å². The van der Waals surface area contributed by atoms with Crippen molar-refractivity contribution in [1.82, 2.24) is 5.32 Å². The van der Waals surface area contributed by atoms with Crippen molar-refractivity contribution < 1.29 is 9.59 Å². The van der Waals surface area contributed by atoms with Gasteiger partial charge in [-0.1, -0.05) is 64.1 Å². The van der Waals surface area contributed by atoms with Crippen molar-refractivity contribution in [2.75, 3.05) is 22.9 Å².